The Hall–Kier alpha value is -1.75. The van der Waals surface area contributed by atoms with Crippen molar-refractivity contribution in [1.82, 2.24) is 0 Å². The van der Waals surface area contributed by atoms with Crippen molar-refractivity contribution in [2.75, 3.05) is 6.61 Å². The SMILES string of the molecule is CCOC(=O)c1ccccc1C(=O)Oc1cc(Cl)c(Cl)c(Cl)c1. The van der Waals surface area contributed by atoms with Crippen LogP contribution in [0.3, 0.4) is 0 Å². The van der Waals surface area contributed by atoms with E-state index in [9.17, 15) is 9.59 Å². The lowest BCUT2D eigenvalue weighted by molar-refractivity contribution is 0.0517. The minimum absolute atomic E-state index is 0.0770. The van der Waals surface area contributed by atoms with Crippen LogP contribution in [0.2, 0.25) is 15.1 Å². The maximum absolute atomic E-state index is 12.3. The molecule has 0 radical (unpaired) electrons. The molecule has 120 valence electrons. The van der Waals surface area contributed by atoms with Crippen molar-refractivity contribution in [3.8, 4) is 5.75 Å². The second-order valence-corrected chi connectivity index (χ2v) is 5.55. The zero-order chi connectivity index (χ0) is 17.0. The van der Waals surface area contributed by atoms with E-state index in [4.69, 9.17) is 44.3 Å². The van der Waals surface area contributed by atoms with Crippen molar-refractivity contribution in [2.24, 2.45) is 0 Å². The highest BCUT2D eigenvalue weighted by atomic mass is 35.5. The maximum Gasteiger partial charge on any atom is 0.344 e. The summed E-state index contributed by atoms with van der Waals surface area (Å²) in [4.78, 5) is 24.2. The first-order chi connectivity index (χ1) is 10.9. The Bertz CT molecular complexity index is 736. The summed E-state index contributed by atoms with van der Waals surface area (Å²) in [5.74, 6) is -1.22. The average molecular weight is 374 g/mol. The van der Waals surface area contributed by atoms with E-state index in [1.54, 1.807) is 19.1 Å². The Morgan fingerprint density at radius 2 is 1.48 bits per heavy atom. The Balaban J connectivity index is 2.30. The van der Waals surface area contributed by atoms with E-state index in [-0.39, 0.29) is 38.6 Å². The molecule has 0 amide bonds. The quantitative estimate of drug-likeness (QED) is 0.428. The fraction of sp³-hybridized carbons (Fsp3) is 0.125. The fourth-order valence-electron chi connectivity index (χ4n) is 1.80. The third-order valence-corrected chi connectivity index (χ3v) is 4.01. The zero-order valence-corrected chi connectivity index (χ0v) is 14.2. The highest BCUT2D eigenvalue weighted by molar-refractivity contribution is 6.48. The van der Waals surface area contributed by atoms with Crippen LogP contribution in [-0.4, -0.2) is 18.5 Å². The molecule has 0 atom stereocenters. The highest BCUT2D eigenvalue weighted by Crippen LogP contribution is 2.34. The molecule has 0 aromatic heterocycles. The third-order valence-electron chi connectivity index (χ3n) is 2.81. The highest BCUT2D eigenvalue weighted by Gasteiger charge is 2.20. The fourth-order valence-corrected chi connectivity index (χ4v) is 2.38. The first kappa shape index (κ1) is 17.6. The molecule has 0 saturated carbocycles. The van der Waals surface area contributed by atoms with E-state index in [1.807, 2.05) is 0 Å². The van der Waals surface area contributed by atoms with Gasteiger partial charge in [-0.25, -0.2) is 9.59 Å². The summed E-state index contributed by atoms with van der Waals surface area (Å²) in [7, 11) is 0. The molecule has 2 aromatic carbocycles. The summed E-state index contributed by atoms with van der Waals surface area (Å²) in [6.07, 6.45) is 0. The van der Waals surface area contributed by atoms with E-state index in [1.165, 1.54) is 24.3 Å². The second-order valence-electron chi connectivity index (χ2n) is 4.36. The molecule has 0 N–H and O–H groups in total. The van der Waals surface area contributed by atoms with Crippen LogP contribution in [-0.2, 0) is 4.74 Å². The largest absolute Gasteiger partial charge is 0.462 e. The Morgan fingerprint density at radius 1 is 0.957 bits per heavy atom. The van der Waals surface area contributed by atoms with Crippen LogP contribution in [0, 0.1) is 0 Å². The Morgan fingerprint density at radius 3 is 2.00 bits per heavy atom. The van der Waals surface area contributed by atoms with Crippen molar-refractivity contribution in [3.63, 3.8) is 0 Å². The number of hydrogen-bond acceptors (Lipinski definition) is 4. The lowest BCUT2D eigenvalue weighted by Crippen LogP contribution is -2.15. The van der Waals surface area contributed by atoms with Crippen molar-refractivity contribution >= 4 is 46.7 Å². The summed E-state index contributed by atoms with van der Waals surface area (Å²) < 4.78 is 10.1. The van der Waals surface area contributed by atoms with Crippen LogP contribution in [0.25, 0.3) is 0 Å². The molecule has 0 fully saturated rings. The molecule has 0 saturated heterocycles. The number of rotatable bonds is 4. The Kier molecular flexibility index (Phi) is 5.88. The number of benzene rings is 2. The third kappa shape index (κ3) is 4.16. The number of ether oxygens (including phenoxy) is 2. The normalized spacial score (nSPS) is 10.3. The summed E-state index contributed by atoms with van der Waals surface area (Å²) >= 11 is 17.6. The zero-order valence-electron chi connectivity index (χ0n) is 11.9. The van der Waals surface area contributed by atoms with E-state index in [0.29, 0.717) is 0 Å². The molecule has 23 heavy (non-hydrogen) atoms. The molecule has 0 heterocycles. The molecule has 0 aliphatic heterocycles. The predicted molar refractivity (Wildman–Crippen MR) is 88.8 cm³/mol. The molecule has 2 aromatic rings. The number of esters is 2. The predicted octanol–water partition coefficient (Wildman–Crippen LogP) is 5.04. The monoisotopic (exact) mass is 372 g/mol. The van der Waals surface area contributed by atoms with E-state index in [2.05, 4.69) is 0 Å². The van der Waals surface area contributed by atoms with Gasteiger partial charge >= 0.3 is 11.9 Å². The number of halogens is 3. The van der Waals surface area contributed by atoms with Crippen LogP contribution in [0.15, 0.2) is 36.4 Å². The lowest BCUT2D eigenvalue weighted by atomic mass is 10.1. The van der Waals surface area contributed by atoms with Gasteiger partial charge in [-0.2, -0.15) is 0 Å². The smallest absolute Gasteiger partial charge is 0.344 e. The minimum atomic E-state index is -0.733. The van der Waals surface area contributed by atoms with Crippen LogP contribution in [0.4, 0.5) is 0 Å². The number of carbonyl (C=O) groups is 2. The van der Waals surface area contributed by atoms with E-state index >= 15 is 0 Å². The van der Waals surface area contributed by atoms with E-state index < -0.39 is 11.9 Å². The second kappa shape index (κ2) is 7.68. The van der Waals surface area contributed by atoms with Gasteiger partial charge in [-0.15, -0.1) is 0 Å². The van der Waals surface area contributed by atoms with Crippen LogP contribution in [0.5, 0.6) is 5.75 Å². The van der Waals surface area contributed by atoms with Crippen LogP contribution < -0.4 is 4.74 Å². The van der Waals surface area contributed by atoms with Crippen molar-refractivity contribution in [1.29, 1.82) is 0 Å². The van der Waals surface area contributed by atoms with E-state index in [0.717, 1.165) is 0 Å². The molecule has 0 aliphatic rings. The van der Waals surface area contributed by atoms with Gasteiger partial charge in [0.1, 0.15) is 5.75 Å². The minimum Gasteiger partial charge on any atom is -0.462 e. The molecule has 4 nitrogen and oxygen atoms in total. The van der Waals surface area contributed by atoms with Gasteiger partial charge in [-0.3, -0.25) is 0 Å². The van der Waals surface area contributed by atoms with Gasteiger partial charge in [0, 0.05) is 12.1 Å². The number of carbonyl (C=O) groups excluding carboxylic acids is 2. The standard InChI is InChI=1S/C16H11Cl3O4/c1-2-22-15(20)10-5-3-4-6-11(10)16(21)23-9-7-12(17)14(19)13(18)8-9/h3-8H,2H2,1H3. The molecular weight excluding hydrogens is 363 g/mol. The van der Waals surface area contributed by atoms with Crippen molar-refractivity contribution in [3.05, 3.63) is 62.6 Å². The molecule has 0 bridgehead atoms. The van der Waals surface area contributed by atoms with Gasteiger partial charge in [0.2, 0.25) is 0 Å². The Labute approximate surface area is 147 Å². The molecule has 0 unspecified atom stereocenters. The molecule has 7 heteroatoms. The van der Waals surface area contributed by atoms with Gasteiger partial charge in [0.05, 0.1) is 32.8 Å². The summed E-state index contributed by atoms with van der Waals surface area (Å²) in [6, 6.07) is 8.91. The lowest BCUT2D eigenvalue weighted by Gasteiger charge is -2.10. The average Bonchev–Trinajstić information content (AvgIpc) is 2.52. The first-order valence-electron chi connectivity index (χ1n) is 6.57. The molecule has 0 aliphatic carbocycles. The molecular formula is C16H11Cl3O4. The topological polar surface area (TPSA) is 52.6 Å². The van der Waals surface area contributed by atoms with Gasteiger partial charge in [0.25, 0.3) is 0 Å². The summed E-state index contributed by atoms with van der Waals surface area (Å²) in [5, 5.41) is 0.473. The maximum atomic E-state index is 12.3. The summed E-state index contributed by atoms with van der Waals surface area (Å²) in [6.45, 7) is 1.88. The molecule has 0 spiro atoms. The van der Waals surface area contributed by atoms with Crippen molar-refractivity contribution in [2.45, 2.75) is 6.92 Å². The summed E-state index contributed by atoms with van der Waals surface area (Å²) in [5.41, 5.74) is 0.193. The number of hydrogen-bond donors (Lipinski definition) is 0. The van der Waals surface area contributed by atoms with Crippen LogP contribution in [0.1, 0.15) is 27.6 Å². The molecule has 2 rings (SSSR count). The first-order valence-corrected chi connectivity index (χ1v) is 7.70. The van der Waals surface area contributed by atoms with Gasteiger partial charge < -0.3 is 9.47 Å². The van der Waals surface area contributed by atoms with Crippen molar-refractivity contribution < 1.29 is 19.1 Å². The van der Waals surface area contributed by atoms with Gasteiger partial charge in [-0.05, 0) is 19.1 Å². The van der Waals surface area contributed by atoms with Crippen LogP contribution >= 0.6 is 34.8 Å². The van der Waals surface area contributed by atoms with Gasteiger partial charge in [0.15, 0.2) is 0 Å². The van der Waals surface area contributed by atoms with Gasteiger partial charge in [-0.1, -0.05) is 46.9 Å².